The monoisotopic (exact) mass is 241 g/mol. The van der Waals surface area contributed by atoms with E-state index in [4.69, 9.17) is 5.26 Å². The average Bonchev–Trinajstić information content (AvgIpc) is 2.78. The highest BCUT2D eigenvalue weighted by molar-refractivity contribution is 5.79. The van der Waals surface area contributed by atoms with Crippen molar-refractivity contribution in [1.29, 1.82) is 5.26 Å². The van der Waals surface area contributed by atoms with Gasteiger partial charge in [0.1, 0.15) is 0 Å². The number of nitrogens with one attached hydrogen (secondary N) is 2. The topological polar surface area (TPSA) is 65.7 Å². The van der Waals surface area contributed by atoms with Gasteiger partial charge in [0.05, 0.1) is 11.0 Å². The molecule has 1 aliphatic rings. The maximum absolute atomic E-state index is 8.84. The molecule has 5 heteroatoms. The predicted molar refractivity (Wildman–Crippen MR) is 70.1 cm³/mol. The van der Waals surface area contributed by atoms with Gasteiger partial charge in [-0.2, -0.15) is 5.26 Å². The van der Waals surface area contributed by atoms with Crippen LogP contribution in [0.1, 0.15) is 18.9 Å². The van der Waals surface area contributed by atoms with Crippen molar-refractivity contribution in [1.82, 2.24) is 14.9 Å². The van der Waals surface area contributed by atoms with Gasteiger partial charge >= 0.3 is 0 Å². The summed E-state index contributed by atoms with van der Waals surface area (Å²) < 4.78 is 2.17. The molecule has 0 aliphatic carbocycles. The molecule has 0 saturated carbocycles. The Labute approximate surface area is 105 Å². The van der Waals surface area contributed by atoms with Crippen molar-refractivity contribution in [3.63, 3.8) is 0 Å². The molecule has 0 atom stereocenters. The number of para-hydroxylation sites is 2. The van der Waals surface area contributed by atoms with Crippen molar-refractivity contribution in [3.05, 3.63) is 24.3 Å². The van der Waals surface area contributed by atoms with Gasteiger partial charge in [-0.05, 0) is 38.1 Å². The first-order chi connectivity index (χ1) is 8.90. The quantitative estimate of drug-likeness (QED) is 0.622. The van der Waals surface area contributed by atoms with E-state index in [9.17, 15) is 0 Å². The lowest BCUT2D eigenvalue weighted by molar-refractivity contribution is 0.378. The van der Waals surface area contributed by atoms with E-state index in [0.717, 1.165) is 37.0 Å². The Morgan fingerprint density at radius 1 is 1.33 bits per heavy atom. The fourth-order valence-electron chi connectivity index (χ4n) is 2.62. The molecule has 92 valence electrons. The number of hydrogen-bond acceptors (Lipinski definition) is 4. The summed E-state index contributed by atoms with van der Waals surface area (Å²) in [4.78, 5) is 4.49. The van der Waals surface area contributed by atoms with Crippen molar-refractivity contribution in [2.75, 3.05) is 18.4 Å². The van der Waals surface area contributed by atoms with Crippen LogP contribution in [0, 0.1) is 11.5 Å². The molecule has 0 bridgehead atoms. The summed E-state index contributed by atoms with van der Waals surface area (Å²) >= 11 is 0. The number of piperidine rings is 1. The molecule has 3 rings (SSSR count). The molecule has 1 aliphatic heterocycles. The second-order valence-electron chi connectivity index (χ2n) is 4.51. The zero-order chi connectivity index (χ0) is 12.4. The second kappa shape index (κ2) is 4.67. The van der Waals surface area contributed by atoms with E-state index in [1.807, 2.05) is 24.4 Å². The highest BCUT2D eigenvalue weighted by Gasteiger charge is 2.20. The molecule has 0 radical (unpaired) electrons. The number of rotatable bonds is 2. The molecule has 1 saturated heterocycles. The Balaban J connectivity index is 2.11. The summed E-state index contributed by atoms with van der Waals surface area (Å²) in [6, 6.07) is 8.44. The van der Waals surface area contributed by atoms with Gasteiger partial charge in [-0.15, -0.1) is 0 Å². The number of aromatic nitrogens is 2. The van der Waals surface area contributed by atoms with Crippen LogP contribution < -0.4 is 10.6 Å². The van der Waals surface area contributed by atoms with Crippen molar-refractivity contribution in [2.45, 2.75) is 18.9 Å². The molecule has 18 heavy (non-hydrogen) atoms. The van der Waals surface area contributed by atoms with E-state index in [-0.39, 0.29) is 0 Å². The SMILES string of the molecule is N#CNc1nc2ccccc2n1C1CCNCC1. The summed E-state index contributed by atoms with van der Waals surface area (Å²) in [5.74, 6) is 0.658. The average molecular weight is 241 g/mol. The summed E-state index contributed by atoms with van der Waals surface area (Å²) in [5.41, 5.74) is 2.04. The fraction of sp³-hybridized carbons (Fsp3) is 0.385. The summed E-state index contributed by atoms with van der Waals surface area (Å²) in [7, 11) is 0. The molecule has 1 aromatic carbocycles. The lowest BCUT2D eigenvalue weighted by Gasteiger charge is -2.25. The Hall–Kier alpha value is -2.06. The van der Waals surface area contributed by atoms with Gasteiger partial charge in [-0.3, -0.25) is 5.32 Å². The van der Waals surface area contributed by atoms with Gasteiger partial charge in [-0.1, -0.05) is 12.1 Å². The molecule has 0 unspecified atom stereocenters. The molecule has 0 amide bonds. The van der Waals surface area contributed by atoms with Crippen molar-refractivity contribution < 1.29 is 0 Å². The number of fused-ring (bicyclic) bond motifs is 1. The zero-order valence-electron chi connectivity index (χ0n) is 10.1. The van der Waals surface area contributed by atoms with E-state index in [1.54, 1.807) is 0 Å². The van der Waals surface area contributed by atoms with E-state index < -0.39 is 0 Å². The second-order valence-corrected chi connectivity index (χ2v) is 4.51. The van der Waals surface area contributed by atoms with E-state index in [2.05, 4.69) is 26.3 Å². The summed E-state index contributed by atoms with van der Waals surface area (Å²) in [6.07, 6.45) is 4.12. The van der Waals surface area contributed by atoms with Gasteiger partial charge in [0.2, 0.25) is 5.95 Å². The molecule has 2 aromatic rings. The molecule has 1 fully saturated rings. The smallest absolute Gasteiger partial charge is 0.217 e. The van der Waals surface area contributed by atoms with Crippen LogP contribution in [0.5, 0.6) is 0 Å². The number of anilines is 1. The number of nitriles is 1. The number of nitrogens with zero attached hydrogens (tertiary/aromatic N) is 3. The lowest BCUT2D eigenvalue weighted by Crippen LogP contribution is -2.29. The first-order valence-electron chi connectivity index (χ1n) is 6.23. The van der Waals surface area contributed by atoms with Crippen LogP contribution in [0.2, 0.25) is 0 Å². The van der Waals surface area contributed by atoms with Crippen LogP contribution in [0.25, 0.3) is 11.0 Å². The van der Waals surface area contributed by atoms with Crippen LogP contribution in [0.3, 0.4) is 0 Å². The lowest BCUT2D eigenvalue weighted by atomic mass is 10.1. The van der Waals surface area contributed by atoms with Gasteiger partial charge in [0, 0.05) is 6.04 Å². The van der Waals surface area contributed by atoms with Crippen LogP contribution in [0.15, 0.2) is 24.3 Å². The third kappa shape index (κ3) is 1.81. The molecule has 0 spiro atoms. The van der Waals surface area contributed by atoms with E-state index in [0.29, 0.717) is 12.0 Å². The van der Waals surface area contributed by atoms with Crippen molar-refractivity contribution in [2.24, 2.45) is 0 Å². The number of benzene rings is 1. The molecular weight excluding hydrogens is 226 g/mol. The Morgan fingerprint density at radius 3 is 2.89 bits per heavy atom. The maximum Gasteiger partial charge on any atom is 0.217 e. The largest absolute Gasteiger partial charge is 0.317 e. The van der Waals surface area contributed by atoms with Gasteiger partial charge in [0.15, 0.2) is 6.19 Å². The van der Waals surface area contributed by atoms with E-state index >= 15 is 0 Å². The van der Waals surface area contributed by atoms with Crippen molar-refractivity contribution >= 4 is 17.0 Å². The third-order valence-corrected chi connectivity index (χ3v) is 3.44. The van der Waals surface area contributed by atoms with Crippen LogP contribution >= 0.6 is 0 Å². The van der Waals surface area contributed by atoms with Gasteiger partial charge in [-0.25, -0.2) is 4.98 Å². The molecule has 2 heterocycles. The Morgan fingerprint density at radius 2 is 2.11 bits per heavy atom. The fourth-order valence-corrected chi connectivity index (χ4v) is 2.62. The maximum atomic E-state index is 8.84. The van der Waals surface area contributed by atoms with Crippen LogP contribution in [-0.2, 0) is 0 Å². The molecular formula is C13H15N5. The standard InChI is InChI=1S/C13H15N5/c14-9-16-13-17-11-3-1-2-4-12(11)18(13)10-5-7-15-8-6-10/h1-4,10,15H,5-8H2,(H,16,17). The van der Waals surface area contributed by atoms with E-state index in [1.165, 1.54) is 0 Å². The van der Waals surface area contributed by atoms with Gasteiger partial charge < -0.3 is 9.88 Å². The normalized spacial score (nSPS) is 16.6. The Bertz CT molecular complexity index is 589. The number of imidazole rings is 1. The minimum Gasteiger partial charge on any atom is -0.317 e. The highest BCUT2D eigenvalue weighted by atomic mass is 15.2. The third-order valence-electron chi connectivity index (χ3n) is 3.44. The Kier molecular flexibility index (Phi) is 2.87. The van der Waals surface area contributed by atoms with Crippen molar-refractivity contribution in [3.8, 4) is 6.19 Å². The first kappa shape index (κ1) is 11.1. The minimum atomic E-state index is 0.412. The van der Waals surface area contributed by atoms with Crippen LogP contribution in [0.4, 0.5) is 5.95 Å². The summed E-state index contributed by atoms with van der Waals surface area (Å²) in [5, 5.41) is 14.9. The molecule has 1 aromatic heterocycles. The van der Waals surface area contributed by atoms with Crippen LogP contribution in [-0.4, -0.2) is 22.6 Å². The van der Waals surface area contributed by atoms with Gasteiger partial charge in [0.25, 0.3) is 0 Å². The number of hydrogen-bond donors (Lipinski definition) is 2. The minimum absolute atomic E-state index is 0.412. The first-order valence-corrected chi connectivity index (χ1v) is 6.23. The molecule has 5 nitrogen and oxygen atoms in total. The zero-order valence-corrected chi connectivity index (χ0v) is 10.1. The highest BCUT2D eigenvalue weighted by Crippen LogP contribution is 2.29. The molecule has 2 N–H and O–H groups in total. The summed E-state index contributed by atoms with van der Waals surface area (Å²) in [6.45, 7) is 2.03. The predicted octanol–water partition coefficient (Wildman–Crippen LogP) is 1.85.